The molecule has 2 unspecified atom stereocenters. The predicted molar refractivity (Wildman–Crippen MR) is 75.5 cm³/mol. The highest BCUT2D eigenvalue weighted by molar-refractivity contribution is 5.16. The Morgan fingerprint density at radius 3 is 2.79 bits per heavy atom. The van der Waals surface area contributed by atoms with E-state index in [2.05, 4.69) is 26.1 Å². The molecular weight excluding hydrogens is 241 g/mol. The predicted octanol–water partition coefficient (Wildman–Crippen LogP) is 3.51. The fraction of sp³-hybridized carbons (Fsp3) is 0.625. The normalized spacial score (nSPS) is 25.7. The molecule has 19 heavy (non-hydrogen) atoms. The molecule has 0 spiro atoms. The lowest BCUT2D eigenvalue weighted by atomic mass is 9.87. The van der Waals surface area contributed by atoms with Gasteiger partial charge < -0.3 is 10.1 Å². The standard InChI is InChI=1S/C16H24FNO/c1-4-18-15-14(9-10-16(15,2)3)19-11-12-7-5-6-8-13(12)17/h5-8,14-15,18H,4,9-11H2,1-3H3. The zero-order valence-corrected chi connectivity index (χ0v) is 12.1. The summed E-state index contributed by atoms with van der Waals surface area (Å²) < 4.78 is 19.5. The van der Waals surface area contributed by atoms with Gasteiger partial charge in [0.1, 0.15) is 5.82 Å². The molecule has 1 aromatic carbocycles. The first-order valence-corrected chi connectivity index (χ1v) is 7.13. The van der Waals surface area contributed by atoms with Gasteiger partial charge in [0, 0.05) is 11.6 Å². The number of benzene rings is 1. The van der Waals surface area contributed by atoms with E-state index in [0.29, 0.717) is 18.2 Å². The fourth-order valence-electron chi connectivity index (χ4n) is 2.96. The van der Waals surface area contributed by atoms with E-state index in [4.69, 9.17) is 4.74 Å². The summed E-state index contributed by atoms with van der Waals surface area (Å²) in [5.74, 6) is -0.181. The minimum atomic E-state index is -0.181. The van der Waals surface area contributed by atoms with Crippen LogP contribution in [-0.2, 0) is 11.3 Å². The van der Waals surface area contributed by atoms with Crippen LogP contribution < -0.4 is 5.32 Å². The first kappa shape index (κ1) is 14.5. The highest BCUT2D eigenvalue weighted by Gasteiger charge is 2.41. The SMILES string of the molecule is CCNC1C(OCc2ccccc2F)CCC1(C)C. The van der Waals surface area contributed by atoms with Crippen molar-refractivity contribution in [1.82, 2.24) is 5.32 Å². The minimum Gasteiger partial charge on any atom is -0.372 e. The summed E-state index contributed by atoms with van der Waals surface area (Å²) in [6, 6.07) is 7.18. The Morgan fingerprint density at radius 1 is 1.37 bits per heavy atom. The van der Waals surface area contributed by atoms with Crippen LogP contribution in [0, 0.1) is 11.2 Å². The maximum absolute atomic E-state index is 13.6. The monoisotopic (exact) mass is 265 g/mol. The molecular formula is C16H24FNO. The molecule has 0 bridgehead atoms. The van der Waals surface area contributed by atoms with Crippen molar-refractivity contribution < 1.29 is 9.13 Å². The quantitative estimate of drug-likeness (QED) is 0.879. The van der Waals surface area contributed by atoms with E-state index in [-0.39, 0.29) is 17.3 Å². The van der Waals surface area contributed by atoms with Gasteiger partial charge in [-0.05, 0) is 30.9 Å². The first-order valence-electron chi connectivity index (χ1n) is 7.13. The van der Waals surface area contributed by atoms with Crippen molar-refractivity contribution >= 4 is 0 Å². The van der Waals surface area contributed by atoms with Crippen molar-refractivity contribution in [2.75, 3.05) is 6.54 Å². The lowest BCUT2D eigenvalue weighted by Crippen LogP contribution is -2.45. The van der Waals surface area contributed by atoms with E-state index < -0.39 is 0 Å². The van der Waals surface area contributed by atoms with Gasteiger partial charge in [-0.15, -0.1) is 0 Å². The second-order valence-electron chi connectivity index (χ2n) is 6.00. The molecule has 0 heterocycles. The summed E-state index contributed by atoms with van der Waals surface area (Å²) in [6.07, 6.45) is 2.36. The van der Waals surface area contributed by atoms with Gasteiger partial charge >= 0.3 is 0 Å². The molecule has 1 aliphatic rings. The number of nitrogens with one attached hydrogen (secondary N) is 1. The first-order chi connectivity index (χ1) is 9.04. The van der Waals surface area contributed by atoms with Crippen LogP contribution in [-0.4, -0.2) is 18.7 Å². The number of hydrogen-bond donors (Lipinski definition) is 1. The summed E-state index contributed by atoms with van der Waals surface area (Å²) >= 11 is 0. The Bertz CT molecular complexity index is 419. The largest absolute Gasteiger partial charge is 0.372 e. The Balaban J connectivity index is 1.97. The number of likely N-dealkylation sites (N-methyl/N-ethyl adjacent to an activating group) is 1. The molecule has 106 valence electrons. The smallest absolute Gasteiger partial charge is 0.128 e. The Labute approximate surface area is 115 Å². The van der Waals surface area contributed by atoms with Gasteiger partial charge in [0.15, 0.2) is 0 Å². The summed E-state index contributed by atoms with van der Waals surface area (Å²) in [5.41, 5.74) is 0.887. The Morgan fingerprint density at radius 2 is 2.11 bits per heavy atom. The van der Waals surface area contributed by atoms with E-state index in [9.17, 15) is 4.39 Å². The molecule has 0 aliphatic heterocycles. The van der Waals surface area contributed by atoms with Gasteiger partial charge in [-0.1, -0.05) is 39.0 Å². The van der Waals surface area contributed by atoms with Gasteiger partial charge in [-0.3, -0.25) is 0 Å². The lowest BCUT2D eigenvalue weighted by molar-refractivity contribution is 0.0148. The van der Waals surface area contributed by atoms with E-state index in [1.165, 1.54) is 6.07 Å². The molecule has 0 amide bonds. The Kier molecular flexibility index (Phi) is 4.58. The van der Waals surface area contributed by atoms with Crippen LogP contribution in [0.25, 0.3) is 0 Å². The van der Waals surface area contributed by atoms with Crippen molar-refractivity contribution in [3.05, 3.63) is 35.6 Å². The lowest BCUT2D eigenvalue weighted by Gasteiger charge is -2.31. The summed E-state index contributed by atoms with van der Waals surface area (Å²) in [4.78, 5) is 0. The van der Waals surface area contributed by atoms with Crippen LogP contribution in [0.5, 0.6) is 0 Å². The molecule has 1 aromatic rings. The van der Waals surface area contributed by atoms with E-state index in [1.807, 2.05) is 6.07 Å². The van der Waals surface area contributed by atoms with Crippen molar-refractivity contribution in [1.29, 1.82) is 0 Å². The molecule has 1 aliphatic carbocycles. The van der Waals surface area contributed by atoms with E-state index in [0.717, 1.165) is 19.4 Å². The summed E-state index contributed by atoms with van der Waals surface area (Å²) in [6.45, 7) is 7.95. The van der Waals surface area contributed by atoms with Gasteiger partial charge in [-0.25, -0.2) is 4.39 Å². The van der Waals surface area contributed by atoms with Gasteiger partial charge in [0.25, 0.3) is 0 Å². The zero-order valence-electron chi connectivity index (χ0n) is 12.1. The molecule has 0 aromatic heterocycles. The van der Waals surface area contributed by atoms with Gasteiger partial charge in [0.2, 0.25) is 0 Å². The highest BCUT2D eigenvalue weighted by atomic mass is 19.1. The molecule has 0 saturated heterocycles. The van der Waals surface area contributed by atoms with Crippen LogP contribution in [0.3, 0.4) is 0 Å². The van der Waals surface area contributed by atoms with E-state index >= 15 is 0 Å². The zero-order chi connectivity index (χ0) is 13.9. The molecule has 2 atom stereocenters. The second-order valence-corrected chi connectivity index (χ2v) is 6.00. The van der Waals surface area contributed by atoms with Crippen LogP contribution >= 0.6 is 0 Å². The third kappa shape index (κ3) is 3.34. The van der Waals surface area contributed by atoms with Gasteiger partial charge in [-0.2, -0.15) is 0 Å². The minimum absolute atomic E-state index is 0.176. The Hall–Kier alpha value is -0.930. The van der Waals surface area contributed by atoms with E-state index in [1.54, 1.807) is 12.1 Å². The third-order valence-electron chi connectivity index (χ3n) is 4.12. The number of ether oxygens (including phenoxy) is 1. The number of rotatable bonds is 5. The number of halogens is 1. The second kappa shape index (κ2) is 6.02. The van der Waals surface area contributed by atoms with Gasteiger partial charge in [0.05, 0.1) is 12.7 Å². The van der Waals surface area contributed by atoms with Crippen LogP contribution in [0.4, 0.5) is 4.39 Å². The molecule has 1 N–H and O–H groups in total. The topological polar surface area (TPSA) is 21.3 Å². The highest BCUT2D eigenvalue weighted by Crippen LogP contribution is 2.39. The molecule has 3 heteroatoms. The molecule has 1 fully saturated rings. The van der Waals surface area contributed by atoms with Crippen LogP contribution in [0.1, 0.15) is 39.2 Å². The molecule has 2 rings (SSSR count). The third-order valence-corrected chi connectivity index (χ3v) is 4.12. The molecule has 1 saturated carbocycles. The van der Waals surface area contributed by atoms with Crippen LogP contribution in [0.2, 0.25) is 0 Å². The summed E-state index contributed by atoms with van der Waals surface area (Å²) in [7, 11) is 0. The molecule has 2 nitrogen and oxygen atoms in total. The maximum Gasteiger partial charge on any atom is 0.128 e. The van der Waals surface area contributed by atoms with Crippen molar-refractivity contribution in [3.8, 4) is 0 Å². The van der Waals surface area contributed by atoms with Crippen molar-refractivity contribution in [2.24, 2.45) is 5.41 Å². The van der Waals surface area contributed by atoms with Crippen molar-refractivity contribution in [2.45, 2.75) is 52.4 Å². The number of hydrogen-bond acceptors (Lipinski definition) is 2. The van der Waals surface area contributed by atoms with Crippen molar-refractivity contribution in [3.63, 3.8) is 0 Å². The fourth-order valence-corrected chi connectivity index (χ4v) is 2.96. The average molecular weight is 265 g/mol. The average Bonchev–Trinajstić information content (AvgIpc) is 2.65. The van der Waals surface area contributed by atoms with Crippen LogP contribution in [0.15, 0.2) is 24.3 Å². The molecule has 0 radical (unpaired) electrons. The maximum atomic E-state index is 13.6. The summed E-state index contributed by atoms with van der Waals surface area (Å²) in [5, 5.41) is 3.52.